The number of ether oxygens (including phenoxy) is 3. The monoisotopic (exact) mass is 416 g/mol. The summed E-state index contributed by atoms with van der Waals surface area (Å²) in [5, 5.41) is 2.49. The van der Waals surface area contributed by atoms with Crippen molar-refractivity contribution in [2.24, 2.45) is 0 Å². The summed E-state index contributed by atoms with van der Waals surface area (Å²) in [5.41, 5.74) is 2.33. The maximum absolute atomic E-state index is 12.3. The van der Waals surface area contributed by atoms with E-state index in [9.17, 15) is 19.2 Å². The Morgan fingerprint density at radius 2 is 1.47 bits per heavy atom. The van der Waals surface area contributed by atoms with E-state index in [2.05, 4.69) is 14.8 Å². The zero-order valence-electron chi connectivity index (χ0n) is 17.5. The number of methoxy groups -OCH3 is 2. The van der Waals surface area contributed by atoms with E-state index in [1.807, 2.05) is 18.4 Å². The van der Waals surface area contributed by atoms with Crippen molar-refractivity contribution in [1.82, 2.24) is 4.57 Å². The summed E-state index contributed by atoms with van der Waals surface area (Å²) < 4.78 is 16.4. The Kier molecular flexibility index (Phi) is 7.35. The number of carbonyl (C=O) groups is 4. The lowest BCUT2D eigenvalue weighted by Crippen LogP contribution is -2.21. The van der Waals surface area contributed by atoms with Gasteiger partial charge in [-0.15, -0.1) is 0 Å². The summed E-state index contributed by atoms with van der Waals surface area (Å²) in [6.07, 6.45) is 0. The molecule has 0 saturated carbocycles. The summed E-state index contributed by atoms with van der Waals surface area (Å²) in [5.74, 6) is -2.62. The summed E-state index contributed by atoms with van der Waals surface area (Å²) in [6.45, 7) is 5.83. The van der Waals surface area contributed by atoms with E-state index in [1.54, 1.807) is 13.0 Å². The molecule has 30 heavy (non-hydrogen) atoms. The van der Waals surface area contributed by atoms with Gasteiger partial charge >= 0.3 is 17.9 Å². The highest BCUT2D eigenvalue weighted by molar-refractivity contribution is 6.00. The standard InChI is InChI=1S/C21H24N2O7/c1-6-23-12(2)7-17(13(23)3)21(27)30-11-18(24)22-16-9-14(19(25)28-4)8-15(10-16)20(26)29-5/h7-10H,6,11H2,1-5H3,(H,22,24). The number of carbonyl (C=O) groups excluding carboxylic acids is 4. The molecule has 0 fully saturated rings. The van der Waals surface area contributed by atoms with E-state index in [1.165, 1.54) is 32.4 Å². The highest BCUT2D eigenvalue weighted by Gasteiger charge is 2.19. The fourth-order valence-corrected chi connectivity index (χ4v) is 3.07. The van der Waals surface area contributed by atoms with Crippen LogP contribution in [0, 0.1) is 13.8 Å². The Balaban J connectivity index is 2.11. The third-order valence-electron chi connectivity index (χ3n) is 4.50. The minimum atomic E-state index is -0.686. The number of hydrogen-bond acceptors (Lipinski definition) is 7. The van der Waals surface area contributed by atoms with Crippen LogP contribution in [0.3, 0.4) is 0 Å². The Morgan fingerprint density at radius 3 is 1.93 bits per heavy atom. The molecule has 0 radical (unpaired) electrons. The number of anilines is 1. The maximum Gasteiger partial charge on any atom is 0.340 e. The smallest absolute Gasteiger partial charge is 0.340 e. The molecule has 1 amide bonds. The number of aryl methyl sites for hydroxylation is 1. The number of nitrogens with one attached hydrogen (secondary N) is 1. The van der Waals surface area contributed by atoms with Crippen LogP contribution in [0.1, 0.15) is 49.4 Å². The zero-order chi connectivity index (χ0) is 22.4. The molecule has 9 nitrogen and oxygen atoms in total. The van der Waals surface area contributed by atoms with Crippen molar-refractivity contribution in [3.63, 3.8) is 0 Å². The number of nitrogens with zero attached hydrogens (tertiary/aromatic N) is 1. The van der Waals surface area contributed by atoms with Gasteiger partial charge in [0, 0.05) is 23.6 Å². The molecule has 0 unspecified atom stereocenters. The van der Waals surface area contributed by atoms with Gasteiger partial charge in [-0.3, -0.25) is 4.79 Å². The van der Waals surface area contributed by atoms with Gasteiger partial charge in [0.15, 0.2) is 6.61 Å². The lowest BCUT2D eigenvalue weighted by molar-refractivity contribution is -0.119. The van der Waals surface area contributed by atoms with E-state index in [4.69, 9.17) is 4.74 Å². The second-order valence-electron chi connectivity index (χ2n) is 6.44. The molecular weight excluding hydrogens is 392 g/mol. The van der Waals surface area contributed by atoms with Crippen LogP contribution in [-0.4, -0.2) is 49.2 Å². The molecule has 0 aliphatic heterocycles. The molecule has 0 bridgehead atoms. The Morgan fingerprint density at radius 1 is 0.900 bits per heavy atom. The van der Waals surface area contributed by atoms with E-state index in [0.29, 0.717) is 12.1 Å². The van der Waals surface area contributed by atoms with Crippen molar-refractivity contribution in [3.05, 3.63) is 52.3 Å². The number of benzene rings is 1. The fourth-order valence-electron chi connectivity index (χ4n) is 3.07. The topological polar surface area (TPSA) is 113 Å². The molecule has 1 heterocycles. The van der Waals surface area contributed by atoms with Crippen molar-refractivity contribution < 1.29 is 33.4 Å². The van der Waals surface area contributed by atoms with Gasteiger partial charge in [-0.1, -0.05) is 0 Å². The van der Waals surface area contributed by atoms with Crippen LogP contribution in [0.4, 0.5) is 5.69 Å². The zero-order valence-corrected chi connectivity index (χ0v) is 17.5. The summed E-state index contributed by atoms with van der Waals surface area (Å²) in [6, 6.07) is 5.68. The maximum atomic E-state index is 12.3. The van der Waals surface area contributed by atoms with E-state index < -0.39 is 30.4 Å². The predicted molar refractivity (Wildman–Crippen MR) is 108 cm³/mol. The number of rotatable bonds is 7. The van der Waals surface area contributed by atoms with Crippen LogP contribution in [-0.2, 0) is 25.5 Å². The molecule has 0 spiro atoms. The van der Waals surface area contributed by atoms with Crippen molar-refractivity contribution in [2.45, 2.75) is 27.3 Å². The first kappa shape index (κ1) is 22.7. The highest BCUT2D eigenvalue weighted by Crippen LogP contribution is 2.18. The van der Waals surface area contributed by atoms with Crippen LogP contribution in [0.5, 0.6) is 0 Å². The Hall–Kier alpha value is -3.62. The molecular formula is C21H24N2O7. The minimum Gasteiger partial charge on any atom is -0.465 e. The number of hydrogen-bond donors (Lipinski definition) is 1. The Labute approximate surface area is 173 Å². The van der Waals surface area contributed by atoms with Gasteiger partial charge in [-0.2, -0.15) is 0 Å². The van der Waals surface area contributed by atoms with Gasteiger partial charge in [-0.05, 0) is 45.0 Å². The molecule has 0 atom stereocenters. The third-order valence-corrected chi connectivity index (χ3v) is 4.50. The lowest BCUT2D eigenvalue weighted by Gasteiger charge is -2.10. The van der Waals surface area contributed by atoms with Crippen LogP contribution in [0.15, 0.2) is 24.3 Å². The average Bonchev–Trinajstić information content (AvgIpc) is 3.03. The molecule has 0 aliphatic rings. The van der Waals surface area contributed by atoms with Crippen LogP contribution in [0.25, 0.3) is 0 Å². The quantitative estimate of drug-likeness (QED) is 0.545. The minimum absolute atomic E-state index is 0.0553. The molecule has 0 aliphatic carbocycles. The fraction of sp³-hybridized carbons (Fsp3) is 0.333. The van der Waals surface area contributed by atoms with Gasteiger partial charge in [0.1, 0.15) is 0 Å². The van der Waals surface area contributed by atoms with Crippen LogP contribution < -0.4 is 5.32 Å². The molecule has 160 valence electrons. The van der Waals surface area contributed by atoms with Crippen LogP contribution >= 0.6 is 0 Å². The normalized spacial score (nSPS) is 10.3. The molecule has 9 heteroatoms. The summed E-state index contributed by atoms with van der Waals surface area (Å²) >= 11 is 0. The number of aromatic nitrogens is 1. The summed E-state index contributed by atoms with van der Waals surface area (Å²) in [7, 11) is 2.39. The van der Waals surface area contributed by atoms with E-state index in [0.717, 1.165) is 11.4 Å². The van der Waals surface area contributed by atoms with Crippen molar-refractivity contribution >= 4 is 29.5 Å². The van der Waals surface area contributed by atoms with Crippen molar-refractivity contribution in [2.75, 3.05) is 26.1 Å². The van der Waals surface area contributed by atoms with Crippen molar-refractivity contribution in [1.29, 1.82) is 0 Å². The van der Waals surface area contributed by atoms with Gasteiger partial charge in [0.2, 0.25) is 0 Å². The third kappa shape index (κ3) is 5.05. The first-order valence-corrected chi connectivity index (χ1v) is 9.17. The summed E-state index contributed by atoms with van der Waals surface area (Å²) in [4.78, 5) is 48.2. The molecule has 0 saturated heterocycles. The van der Waals surface area contributed by atoms with E-state index in [-0.39, 0.29) is 16.8 Å². The molecule has 2 aromatic rings. The largest absolute Gasteiger partial charge is 0.465 e. The molecule has 1 N–H and O–H groups in total. The Bertz CT molecular complexity index is 957. The average molecular weight is 416 g/mol. The molecule has 1 aromatic carbocycles. The second-order valence-corrected chi connectivity index (χ2v) is 6.44. The number of esters is 3. The first-order chi connectivity index (χ1) is 14.2. The SMILES string of the molecule is CCn1c(C)cc(C(=O)OCC(=O)Nc2cc(C(=O)OC)cc(C(=O)OC)c2)c1C. The van der Waals surface area contributed by atoms with Gasteiger partial charge in [0.05, 0.1) is 30.9 Å². The van der Waals surface area contributed by atoms with Gasteiger partial charge in [0.25, 0.3) is 5.91 Å². The molecule has 2 rings (SSSR count). The first-order valence-electron chi connectivity index (χ1n) is 9.17. The van der Waals surface area contributed by atoms with Gasteiger partial charge in [-0.25, -0.2) is 14.4 Å². The lowest BCUT2D eigenvalue weighted by atomic mass is 10.1. The highest BCUT2D eigenvalue weighted by atomic mass is 16.5. The van der Waals surface area contributed by atoms with Crippen LogP contribution in [0.2, 0.25) is 0 Å². The van der Waals surface area contributed by atoms with Crippen molar-refractivity contribution in [3.8, 4) is 0 Å². The van der Waals surface area contributed by atoms with Gasteiger partial charge < -0.3 is 24.1 Å². The number of amides is 1. The van der Waals surface area contributed by atoms with E-state index >= 15 is 0 Å². The molecule has 1 aromatic heterocycles. The predicted octanol–water partition coefficient (Wildman–Crippen LogP) is 2.49. The second kappa shape index (κ2) is 9.73.